The molecule has 0 amide bonds. The van der Waals surface area contributed by atoms with Gasteiger partial charge in [0.2, 0.25) is 0 Å². The molecule has 1 N–H and O–H groups in total. The summed E-state index contributed by atoms with van der Waals surface area (Å²) >= 11 is 7.46. The molecule has 2 aromatic rings. The van der Waals surface area contributed by atoms with Crippen molar-refractivity contribution in [3.63, 3.8) is 0 Å². The van der Waals surface area contributed by atoms with Crippen LogP contribution in [0.4, 0.5) is 4.39 Å². The van der Waals surface area contributed by atoms with Crippen molar-refractivity contribution in [2.24, 2.45) is 0 Å². The molecule has 0 radical (unpaired) electrons. The van der Waals surface area contributed by atoms with E-state index in [0.717, 1.165) is 11.3 Å². The van der Waals surface area contributed by atoms with E-state index in [1.165, 1.54) is 11.0 Å². The molecule has 2 aromatic carbocycles. The molecule has 0 aliphatic carbocycles. The van der Waals surface area contributed by atoms with Gasteiger partial charge < -0.3 is 5.11 Å². The van der Waals surface area contributed by atoms with Crippen molar-refractivity contribution >= 4 is 23.4 Å². The monoisotopic (exact) mass is 310 g/mol. The average molecular weight is 311 g/mol. The Hall–Kier alpha value is -1.03. The second-order valence-electron chi connectivity index (χ2n) is 4.46. The molecule has 0 saturated heterocycles. The summed E-state index contributed by atoms with van der Waals surface area (Å²) in [6, 6.07) is 12.2. The third-order valence-electron chi connectivity index (χ3n) is 3.00. The van der Waals surface area contributed by atoms with E-state index < -0.39 is 6.10 Å². The van der Waals surface area contributed by atoms with Gasteiger partial charge in [-0.25, -0.2) is 4.39 Å². The Labute approximate surface area is 127 Å². The number of hydrogen-bond donors (Lipinski definition) is 1. The summed E-state index contributed by atoms with van der Waals surface area (Å²) in [5, 5.41) is 10.5. The van der Waals surface area contributed by atoms with Crippen LogP contribution in [0.3, 0.4) is 0 Å². The van der Waals surface area contributed by atoms with E-state index in [2.05, 4.69) is 6.92 Å². The Balaban J connectivity index is 2.09. The molecule has 0 spiro atoms. The van der Waals surface area contributed by atoms with Crippen molar-refractivity contribution in [1.29, 1.82) is 0 Å². The van der Waals surface area contributed by atoms with Crippen LogP contribution >= 0.6 is 23.4 Å². The molecule has 1 unspecified atom stereocenters. The molecule has 0 heterocycles. The lowest BCUT2D eigenvalue weighted by atomic mass is 10.0. The number of rotatable bonds is 5. The van der Waals surface area contributed by atoms with Gasteiger partial charge in [-0.15, -0.1) is 11.8 Å². The SMILES string of the molecule is CCSc1ccc(C(O)Cc2ccc(Cl)cc2F)cc1. The lowest BCUT2D eigenvalue weighted by Crippen LogP contribution is -2.03. The first-order valence-electron chi connectivity index (χ1n) is 6.45. The fourth-order valence-corrected chi connectivity index (χ4v) is 2.79. The van der Waals surface area contributed by atoms with Crippen molar-refractivity contribution in [2.75, 3.05) is 5.75 Å². The lowest BCUT2D eigenvalue weighted by Gasteiger charge is -2.12. The van der Waals surface area contributed by atoms with Crippen LogP contribution in [0.2, 0.25) is 5.02 Å². The minimum atomic E-state index is -0.716. The van der Waals surface area contributed by atoms with Gasteiger partial charge in [-0.2, -0.15) is 0 Å². The van der Waals surface area contributed by atoms with E-state index in [0.29, 0.717) is 10.6 Å². The quantitative estimate of drug-likeness (QED) is 0.795. The number of hydrogen-bond acceptors (Lipinski definition) is 2. The highest BCUT2D eigenvalue weighted by Gasteiger charge is 2.12. The number of halogens is 2. The molecule has 0 bridgehead atoms. The Morgan fingerprint density at radius 1 is 1.20 bits per heavy atom. The third-order valence-corrected chi connectivity index (χ3v) is 4.13. The maximum Gasteiger partial charge on any atom is 0.127 e. The molecule has 1 atom stereocenters. The molecular formula is C16H16ClFOS. The maximum absolute atomic E-state index is 13.7. The van der Waals surface area contributed by atoms with Crippen LogP contribution < -0.4 is 0 Å². The van der Waals surface area contributed by atoms with Gasteiger partial charge in [0.15, 0.2) is 0 Å². The zero-order valence-corrected chi connectivity index (χ0v) is 12.7. The van der Waals surface area contributed by atoms with Crippen LogP contribution in [-0.2, 0) is 6.42 Å². The molecule has 0 saturated carbocycles. The number of benzene rings is 2. The molecule has 0 aliphatic rings. The summed E-state index contributed by atoms with van der Waals surface area (Å²) in [7, 11) is 0. The molecular weight excluding hydrogens is 295 g/mol. The van der Waals surface area contributed by atoms with E-state index in [4.69, 9.17) is 11.6 Å². The Kier molecular flexibility index (Phi) is 5.46. The molecule has 4 heteroatoms. The van der Waals surface area contributed by atoms with Gasteiger partial charge in [0, 0.05) is 16.3 Å². The Bertz CT molecular complexity index is 571. The van der Waals surface area contributed by atoms with E-state index in [9.17, 15) is 9.50 Å². The summed E-state index contributed by atoms with van der Waals surface area (Å²) in [4.78, 5) is 1.17. The van der Waals surface area contributed by atoms with Crippen molar-refractivity contribution in [3.05, 3.63) is 64.4 Å². The predicted molar refractivity (Wildman–Crippen MR) is 82.9 cm³/mol. The van der Waals surface area contributed by atoms with Crippen LogP contribution in [0.25, 0.3) is 0 Å². The topological polar surface area (TPSA) is 20.2 Å². The smallest absolute Gasteiger partial charge is 0.127 e. The van der Waals surface area contributed by atoms with Crippen LogP contribution in [0.15, 0.2) is 47.4 Å². The second-order valence-corrected chi connectivity index (χ2v) is 6.23. The summed E-state index contributed by atoms with van der Waals surface area (Å²) in [6.07, 6.45) is -0.477. The third kappa shape index (κ3) is 3.98. The van der Waals surface area contributed by atoms with Crippen LogP contribution in [0.1, 0.15) is 24.2 Å². The van der Waals surface area contributed by atoms with E-state index in [-0.39, 0.29) is 12.2 Å². The number of aliphatic hydroxyl groups is 1. The minimum Gasteiger partial charge on any atom is -0.388 e. The number of aliphatic hydroxyl groups excluding tert-OH is 1. The van der Waals surface area contributed by atoms with Crippen molar-refractivity contribution in [3.8, 4) is 0 Å². The summed E-state index contributed by atoms with van der Waals surface area (Å²) in [5.41, 5.74) is 1.26. The minimum absolute atomic E-state index is 0.239. The van der Waals surface area contributed by atoms with Crippen molar-refractivity contribution in [1.82, 2.24) is 0 Å². The van der Waals surface area contributed by atoms with Gasteiger partial charge >= 0.3 is 0 Å². The summed E-state index contributed by atoms with van der Waals surface area (Å²) in [5.74, 6) is 0.632. The second kappa shape index (κ2) is 7.11. The Morgan fingerprint density at radius 2 is 1.90 bits per heavy atom. The van der Waals surface area contributed by atoms with Gasteiger partial charge in [-0.1, -0.05) is 36.7 Å². The highest BCUT2D eigenvalue weighted by Crippen LogP contribution is 2.24. The highest BCUT2D eigenvalue weighted by atomic mass is 35.5. The van der Waals surface area contributed by atoms with Crippen molar-refractivity contribution in [2.45, 2.75) is 24.3 Å². The maximum atomic E-state index is 13.7. The standard InChI is InChI=1S/C16H16ClFOS/c1-2-20-14-7-4-11(5-8-14)16(19)9-12-3-6-13(17)10-15(12)18/h3-8,10,16,19H,2,9H2,1H3. The van der Waals surface area contributed by atoms with Crippen molar-refractivity contribution < 1.29 is 9.50 Å². The fourth-order valence-electron chi connectivity index (χ4n) is 1.97. The molecule has 0 aromatic heterocycles. The molecule has 0 fully saturated rings. The first kappa shape index (κ1) is 15.4. The van der Waals surface area contributed by atoms with Gasteiger partial charge in [0.25, 0.3) is 0 Å². The molecule has 0 aliphatic heterocycles. The summed E-state index contributed by atoms with van der Waals surface area (Å²) in [6.45, 7) is 2.09. The van der Waals surface area contributed by atoms with Gasteiger partial charge in [-0.05, 0) is 41.1 Å². The van der Waals surface area contributed by atoms with Gasteiger partial charge in [0.1, 0.15) is 5.82 Å². The van der Waals surface area contributed by atoms with Gasteiger partial charge in [0.05, 0.1) is 6.10 Å². The van der Waals surface area contributed by atoms with E-state index in [1.54, 1.807) is 23.9 Å². The normalized spacial score (nSPS) is 12.4. The summed E-state index contributed by atoms with van der Waals surface area (Å²) < 4.78 is 13.7. The average Bonchev–Trinajstić information content (AvgIpc) is 2.43. The van der Waals surface area contributed by atoms with Crippen LogP contribution in [0, 0.1) is 5.82 Å². The van der Waals surface area contributed by atoms with E-state index in [1.807, 2.05) is 24.3 Å². The van der Waals surface area contributed by atoms with Crippen LogP contribution in [-0.4, -0.2) is 10.9 Å². The zero-order valence-electron chi connectivity index (χ0n) is 11.1. The first-order valence-corrected chi connectivity index (χ1v) is 7.81. The largest absolute Gasteiger partial charge is 0.388 e. The molecule has 106 valence electrons. The molecule has 20 heavy (non-hydrogen) atoms. The lowest BCUT2D eigenvalue weighted by molar-refractivity contribution is 0.177. The highest BCUT2D eigenvalue weighted by molar-refractivity contribution is 7.99. The first-order chi connectivity index (χ1) is 9.60. The molecule has 1 nitrogen and oxygen atoms in total. The van der Waals surface area contributed by atoms with Crippen LogP contribution in [0.5, 0.6) is 0 Å². The van der Waals surface area contributed by atoms with E-state index >= 15 is 0 Å². The molecule has 2 rings (SSSR count). The Morgan fingerprint density at radius 3 is 2.50 bits per heavy atom. The number of thioether (sulfide) groups is 1. The zero-order chi connectivity index (χ0) is 14.5. The predicted octanol–water partition coefficient (Wildman–Crippen LogP) is 4.87. The van der Waals surface area contributed by atoms with Gasteiger partial charge in [-0.3, -0.25) is 0 Å². The fraction of sp³-hybridized carbons (Fsp3) is 0.250.